The highest BCUT2D eigenvalue weighted by Gasteiger charge is 2.28. The summed E-state index contributed by atoms with van der Waals surface area (Å²) in [5.74, 6) is 0.135. The molecule has 4 aromatic rings. The molecule has 0 aliphatic heterocycles. The topological polar surface area (TPSA) is 135 Å². The number of rotatable bonds is 9. The van der Waals surface area contributed by atoms with Crippen LogP contribution in [0.15, 0.2) is 93.3 Å². The smallest absolute Gasteiger partial charge is 0.269 e. The van der Waals surface area contributed by atoms with Gasteiger partial charge in [-0.05, 0) is 74.4 Å². The third kappa shape index (κ3) is 6.21. The van der Waals surface area contributed by atoms with Crippen LogP contribution in [0.5, 0.6) is 0 Å². The maximum absolute atomic E-state index is 13.6. The number of sulfonamides is 1. The number of nitro groups is 1. The number of nitrogens with one attached hydrogen (secondary N) is 1. The predicted octanol–water partition coefficient (Wildman–Crippen LogP) is 5.13. The van der Waals surface area contributed by atoms with Gasteiger partial charge in [-0.2, -0.15) is 5.10 Å². The van der Waals surface area contributed by atoms with Crippen molar-refractivity contribution in [3.05, 3.63) is 111 Å². The van der Waals surface area contributed by atoms with Gasteiger partial charge in [-0.1, -0.05) is 29.8 Å². The van der Waals surface area contributed by atoms with E-state index in [1.165, 1.54) is 30.5 Å². The van der Waals surface area contributed by atoms with Crippen LogP contribution in [-0.4, -0.2) is 32.0 Å². The molecule has 1 N–H and O–H groups in total. The van der Waals surface area contributed by atoms with Crippen molar-refractivity contribution in [2.75, 3.05) is 10.8 Å². The number of non-ortho nitro benzene ring substituents is 1. The van der Waals surface area contributed by atoms with Crippen molar-refractivity contribution in [3.63, 3.8) is 0 Å². The van der Waals surface area contributed by atoms with Crippen molar-refractivity contribution in [2.45, 2.75) is 25.7 Å². The van der Waals surface area contributed by atoms with Crippen molar-refractivity contribution < 1.29 is 22.6 Å². The van der Waals surface area contributed by atoms with Crippen molar-refractivity contribution in [3.8, 4) is 11.3 Å². The SMILES string of the molecule is Cc1ccc(S(=O)(=O)N(CC(=O)N/N=C\c2ccc(-c3ccc([N+](=O)[O-])cc3)o2)c2cccc(C)c2C)cc1. The van der Waals surface area contributed by atoms with Gasteiger partial charge in [0.1, 0.15) is 18.1 Å². The first-order chi connectivity index (χ1) is 18.6. The van der Waals surface area contributed by atoms with Crippen LogP contribution < -0.4 is 9.73 Å². The summed E-state index contributed by atoms with van der Waals surface area (Å²) in [7, 11) is -4.06. The zero-order valence-corrected chi connectivity index (χ0v) is 22.3. The summed E-state index contributed by atoms with van der Waals surface area (Å²) in [5.41, 5.74) is 5.89. The monoisotopic (exact) mass is 546 g/mol. The van der Waals surface area contributed by atoms with Crippen molar-refractivity contribution in [2.24, 2.45) is 5.10 Å². The Bertz CT molecular complexity index is 1640. The molecule has 0 unspecified atom stereocenters. The molecule has 0 saturated heterocycles. The number of hydrogen-bond donors (Lipinski definition) is 1. The Morgan fingerprint density at radius 2 is 1.69 bits per heavy atom. The summed E-state index contributed by atoms with van der Waals surface area (Å²) in [6.07, 6.45) is 1.28. The molecule has 0 fully saturated rings. The highest BCUT2D eigenvalue weighted by atomic mass is 32.2. The lowest BCUT2D eigenvalue weighted by molar-refractivity contribution is -0.384. The van der Waals surface area contributed by atoms with Crippen LogP contribution in [-0.2, 0) is 14.8 Å². The van der Waals surface area contributed by atoms with Crippen LogP contribution in [0.3, 0.4) is 0 Å². The number of hydrogen-bond acceptors (Lipinski definition) is 7. The quantitative estimate of drug-likeness (QED) is 0.176. The van der Waals surface area contributed by atoms with E-state index in [0.29, 0.717) is 22.8 Å². The Balaban J connectivity index is 1.51. The predicted molar refractivity (Wildman–Crippen MR) is 148 cm³/mol. The second kappa shape index (κ2) is 11.3. The number of amides is 1. The molecule has 11 heteroatoms. The number of anilines is 1. The third-order valence-electron chi connectivity index (χ3n) is 6.11. The Labute approximate surface area is 225 Å². The first-order valence-electron chi connectivity index (χ1n) is 11.9. The van der Waals surface area contributed by atoms with Crippen LogP contribution in [0.4, 0.5) is 11.4 Å². The first-order valence-corrected chi connectivity index (χ1v) is 13.3. The van der Waals surface area contributed by atoms with Gasteiger partial charge < -0.3 is 4.42 Å². The van der Waals surface area contributed by atoms with Crippen LogP contribution in [0.25, 0.3) is 11.3 Å². The van der Waals surface area contributed by atoms with Crippen LogP contribution in [0.2, 0.25) is 0 Å². The fourth-order valence-electron chi connectivity index (χ4n) is 3.80. The van der Waals surface area contributed by atoms with Gasteiger partial charge in [-0.15, -0.1) is 0 Å². The van der Waals surface area contributed by atoms with Crippen LogP contribution in [0.1, 0.15) is 22.5 Å². The van der Waals surface area contributed by atoms with E-state index in [1.807, 2.05) is 19.9 Å². The molecular formula is C28H26N4O6S. The van der Waals surface area contributed by atoms with Gasteiger partial charge in [-0.3, -0.25) is 19.2 Å². The average Bonchev–Trinajstić information content (AvgIpc) is 3.38. The first kappa shape index (κ1) is 27.3. The van der Waals surface area contributed by atoms with Crippen molar-refractivity contribution >= 4 is 33.5 Å². The molecule has 10 nitrogen and oxygen atoms in total. The number of carbonyl (C=O) groups excluding carboxylic acids is 1. The Kier molecular flexibility index (Phi) is 7.91. The summed E-state index contributed by atoms with van der Waals surface area (Å²) in [6.45, 7) is 5.04. The number of benzene rings is 3. The largest absolute Gasteiger partial charge is 0.455 e. The van der Waals surface area contributed by atoms with Gasteiger partial charge in [-0.25, -0.2) is 13.8 Å². The fourth-order valence-corrected chi connectivity index (χ4v) is 5.28. The number of hydrazone groups is 1. The normalized spacial score (nSPS) is 11.5. The van der Waals surface area contributed by atoms with Gasteiger partial charge in [0.15, 0.2) is 0 Å². The second-order valence-electron chi connectivity index (χ2n) is 8.84. The summed E-state index contributed by atoms with van der Waals surface area (Å²) in [5, 5.41) is 14.7. The maximum atomic E-state index is 13.6. The number of nitro benzene ring substituents is 1. The third-order valence-corrected chi connectivity index (χ3v) is 7.89. The summed E-state index contributed by atoms with van der Waals surface area (Å²) in [6, 6.07) is 20.9. The van der Waals surface area contributed by atoms with E-state index in [2.05, 4.69) is 10.5 Å². The molecule has 3 aromatic carbocycles. The molecule has 1 heterocycles. The lowest BCUT2D eigenvalue weighted by Gasteiger charge is -2.26. The Morgan fingerprint density at radius 1 is 1.00 bits per heavy atom. The molecule has 0 bridgehead atoms. The van der Waals surface area contributed by atoms with E-state index in [-0.39, 0.29) is 10.6 Å². The van der Waals surface area contributed by atoms with Gasteiger partial charge in [0.05, 0.1) is 21.7 Å². The summed E-state index contributed by atoms with van der Waals surface area (Å²) < 4.78 is 33.9. The molecule has 0 spiro atoms. The van der Waals surface area contributed by atoms with Gasteiger partial charge in [0, 0.05) is 17.7 Å². The molecule has 0 saturated carbocycles. The van der Waals surface area contributed by atoms with Gasteiger partial charge in [0.25, 0.3) is 21.6 Å². The molecule has 4 rings (SSSR count). The molecular weight excluding hydrogens is 520 g/mol. The van der Waals surface area contributed by atoms with E-state index >= 15 is 0 Å². The molecule has 1 aromatic heterocycles. The standard InChI is InChI=1S/C28H26N4O6S/c1-19-7-14-25(15-8-19)39(36,37)31(26-6-4-5-20(2)21(26)3)18-28(33)30-29-17-24-13-16-27(38-24)22-9-11-23(12-10-22)32(34)35/h4-17H,18H2,1-3H3,(H,30,33)/b29-17-. The van der Waals surface area contributed by atoms with Crippen LogP contribution >= 0.6 is 0 Å². The molecule has 0 atom stereocenters. The van der Waals surface area contributed by atoms with Gasteiger partial charge >= 0.3 is 0 Å². The van der Waals surface area contributed by atoms with Gasteiger partial charge in [0.2, 0.25) is 0 Å². The highest BCUT2D eigenvalue weighted by molar-refractivity contribution is 7.92. The minimum Gasteiger partial charge on any atom is -0.455 e. The van der Waals surface area contributed by atoms with Crippen molar-refractivity contribution in [1.82, 2.24) is 5.43 Å². The zero-order valence-electron chi connectivity index (χ0n) is 21.5. The minimum atomic E-state index is -4.06. The maximum Gasteiger partial charge on any atom is 0.269 e. The summed E-state index contributed by atoms with van der Waals surface area (Å²) >= 11 is 0. The number of nitrogens with zero attached hydrogens (tertiary/aromatic N) is 3. The van der Waals surface area contributed by atoms with E-state index in [0.717, 1.165) is 21.0 Å². The lowest BCUT2D eigenvalue weighted by atomic mass is 10.1. The molecule has 200 valence electrons. The van der Waals surface area contributed by atoms with E-state index < -0.39 is 27.4 Å². The second-order valence-corrected chi connectivity index (χ2v) is 10.7. The van der Waals surface area contributed by atoms with E-state index in [1.54, 1.807) is 55.5 Å². The Morgan fingerprint density at radius 3 is 2.36 bits per heavy atom. The molecule has 39 heavy (non-hydrogen) atoms. The lowest BCUT2D eigenvalue weighted by Crippen LogP contribution is -2.40. The van der Waals surface area contributed by atoms with Crippen molar-refractivity contribution in [1.29, 1.82) is 0 Å². The van der Waals surface area contributed by atoms with E-state index in [9.17, 15) is 23.3 Å². The average molecular weight is 547 g/mol. The van der Waals surface area contributed by atoms with Crippen LogP contribution in [0, 0.1) is 30.9 Å². The molecule has 1 amide bonds. The number of carbonyl (C=O) groups is 1. The summed E-state index contributed by atoms with van der Waals surface area (Å²) in [4.78, 5) is 23.3. The Hall–Kier alpha value is -4.77. The number of furan rings is 1. The number of aryl methyl sites for hydroxylation is 2. The molecule has 0 aliphatic rings. The minimum absolute atomic E-state index is 0.0332. The highest BCUT2D eigenvalue weighted by Crippen LogP contribution is 2.29. The molecule has 0 aliphatic carbocycles. The fraction of sp³-hybridized carbons (Fsp3) is 0.143. The zero-order chi connectivity index (χ0) is 28.2. The molecule has 0 radical (unpaired) electrons. The van der Waals surface area contributed by atoms with E-state index in [4.69, 9.17) is 4.42 Å².